The number of ether oxygens (including phenoxy) is 2. The van der Waals surface area contributed by atoms with E-state index in [-0.39, 0.29) is 24.1 Å². The molecule has 10 heteroatoms. The fourth-order valence-corrected chi connectivity index (χ4v) is 4.18. The van der Waals surface area contributed by atoms with E-state index in [9.17, 15) is 9.59 Å². The van der Waals surface area contributed by atoms with Gasteiger partial charge >= 0.3 is 0 Å². The lowest BCUT2D eigenvalue weighted by Crippen LogP contribution is -2.36. The van der Waals surface area contributed by atoms with Crippen LogP contribution in [-0.2, 0) is 20.9 Å². The molecule has 0 aliphatic heterocycles. The zero-order valence-corrected chi connectivity index (χ0v) is 19.7. The van der Waals surface area contributed by atoms with Gasteiger partial charge in [0.15, 0.2) is 5.16 Å². The highest BCUT2D eigenvalue weighted by atomic mass is 35.5. The third-order valence-electron chi connectivity index (χ3n) is 4.68. The average Bonchev–Trinajstić information content (AvgIpc) is 3.12. The summed E-state index contributed by atoms with van der Waals surface area (Å²) in [5.41, 5.74) is 2.29. The highest BCUT2D eigenvalue weighted by Crippen LogP contribution is 2.26. The van der Waals surface area contributed by atoms with E-state index in [1.807, 2.05) is 16.7 Å². The maximum absolute atomic E-state index is 12.6. The third kappa shape index (κ3) is 6.15. The number of amides is 2. The van der Waals surface area contributed by atoms with Crippen LogP contribution in [0.3, 0.4) is 0 Å². The molecule has 3 aromatic rings. The lowest BCUT2D eigenvalue weighted by Gasteiger charge is -2.17. The van der Waals surface area contributed by atoms with Crippen molar-refractivity contribution in [3.05, 3.63) is 47.5 Å². The number of hydrogen-bond acceptors (Lipinski definition) is 6. The molecule has 8 nitrogen and oxygen atoms in total. The van der Waals surface area contributed by atoms with Gasteiger partial charge in [0.1, 0.15) is 5.75 Å². The van der Waals surface area contributed by atoms with E-state index in [4.69, 9.17) is 21.1 Å². The normalized spacial score (nSPS) is 10.9. The van der Waals surface area contributed by atoms with Crippen molar-refractivity contribution in [1.82, 2.24) is 14.5 Å². The fraction of sp³-hybridized carbons (Fsp3) is 0.318. The number of thioether (sulfide) groups is 1. The molecule has 0 aliphatic rings. The van der Waals surface area contributed by atoms with Crippen LogP contribution >= 0.6 is 23.4 Å². The van der Waals surface area contributed by atoms with E-state index in [1.165, 1.54) is 16.7 Å². The Morgan fingerprint density at radius 1 is 1.22 bits per heavy atom. The standard InChI is InChI=1S/C22H25ClN4O4S/c1-26(13-20(28)24-16-5-4-6-17(12-16)31-3)21(29)14-32-22-25-18-11-15(23)7-8-19(18)27(22)9-10-30-2/h4-8,11-12H,9-10,13-14H2,1-3H3,(H,24,28). The van der Waals surface area contributed by atoms with Crippen molar-refractivity contribution in [2.45, 2.75) is 11.7 Å². The second-order valence-corrected chi connectivity index (χ2v) is 8.37. The molecular weight excluding hydrogens is 452 g/mol. The van der Waals surface area contributed by atoms with E-state index < -0.39 is 0 Å². The van der Waals surface area contributed by atoms with Gasteiger partial charge in [-0.15, -0.1) is 0 Å². The number of fused-ring (bicyclic) bond motifs is 1. The van der Waals surface area contributed by atoms with Crippen molar-refractivity contribution in [1.29, 1.82) is 0 Å². The third-order valence-corrected chi connectivity index (χ3v) is 5.88. The molecule has 2 aromatic carbocycles. The Balaban J connectivity index is 1.60. The minimum Gasteiger partial charge on any atom is -0.497 e. The number of methoxy groups -OCH3 is 2. The van der Waals surface area contributed by atoms with Gasteiger partial charge in [0.05, 0.1) is 37.0 Å². The summed E-state index contributed by atoms with van der Waals surface area (Å²) < 4.78 is 12.4. The summed E-state index contributed by atoms with van der Waals surface area (Å²) in [6.45, 7) is 1.05. The van der Waals surface area contributed by atoms with Crippen LogP contribution in [0.4, 0.5) is 5.69 Å². The smallest absolute Gasteiger partial charge is 0.243 e. The van der Waals surface area contributed by atoms with Gasteiger partial charge in [-0.05, 0) is 30.3 Å². The van der Waals surface area contributed by atoms with Gasteiger partial charge in [0, 0.05) is 37.5 Å². The van der Waals surface area contributed by atoms with Crippen LogP contribution in [0.15, 0.2) is 47.6 Å². The lowest BCUT2D eigenvalue weighted by molar-refractivity contribution is -0.131. The molecule has 0 fully saturated rings. The second kappa shape index (κ2) is 11.2. The minimum atomic E-state index is -0.291. The summed E-state index contributed by atoms with van der Waals surface area (Å²) in [6, 6.07) is 12.5. The molecule has 170 valence electrons. The first-order valence-corrected chi connectivity index (χ1v) is 11.2. The first-order valence-electron chi connectivity index (χ1n) is 9.86. The molecule has 0 spiro atoms. The molecule has 0 saturated carbocycles. The predicted molar refractivity (Wildman–Crippen MR) is 127 cm³/mol. The van der Waals surface area contributed by atoms with E-state index in [1.54, 1.807) is 51.6 Å². The number of aromatic nitrogens is 2. The maximum Gasteiger partial charge on any atom is 0.243 e. The summed E-state index contributed by atoms with van der Waals surface area (Å²) >= 11 is 7.41. The van der Waals surface area contributed by atoms with Gasteiger partial charge in [-0.2, -0.15) is 0 Å². The average molecular weight is 477 g/mol. The van der Waals surface area contributed by atoms with E-state index >= 15 is 0 Å². The zero-order chi connectivity index (χ0) is 23.1. The second-order valence-electron chi connectivity index (χ2n) is 6.99. The molecule has 2 amide bonds. The van der Waals surface area contributed by atoms with Crippen LogP contribution < -0.4 is 10.1 Å². The van der Waals surface area contributed by atoms with Gasteiger partial charge in [0.25, 0.3) is 0 Å². The van der Waals surface area contributed by atoms with Crippen molar-refractivity contribution < 1.29 is 19.1 Å². The van der Waals surface area contributed by atoms with Crippen molar-refractivity contribution in [2.24, 2.45) is 0 Å². The fourth-order valence-electron chi connectivity index (χ4n) is 3.03. The number of carbonyl (C=O) groups excluding carboxylic acids is 2. The number of hydrogen-bond donors (Lipinski definition) is 1. The molecule has 0 aliphatic carbocycles. The van der Waals surface area contributed by atoms with Gasteiger partial charge in [-0.3, -0.25) is 9.59 Å². The highest BCUT2D eigenvalue weighted by Gasteiger charge is 2.17. The van der Waals surface area contributed by atoms with E-state index in [0.717, 1.165) is 11.0 Å². The van der Waals surface area contributed by atoms with Crippen LogP contribution in [0.2, 0.25) is 5.02 Å². The number of likely N-dealkylation sites (N-methyl/N-ethyl adjacent to an activating group) is 1. The monoisotopic (exact) mass is 476 g/mol. The van der Waals surface area contributed by atoms with Gasteiger partial charge in [-0.1, -0.05) is 29.4 Å². The molecule has 0 unspecified atom stereocenters. The molecule has 0 saturated heterocycles. The Hall–Kier alpha value is -2.75. The summed E-state index contributed by atoms with van der Waals surface area (Å²) in [6.07, 6.45) is 0. The predicted octanol–water partition coefficient (Wildman–Crippen LogP) is 3.53. The Bertz CT molecular complexity index is 1100. The topological polar surface area (TPSA) is 85.7 Å². The van der Waals surface area contributed by atoms with Crippen molar-refractivity contribution in [2.75, 3.05) is 45.5 Å². The minimum absolute atomic E-state index is 0.0632. The zero-order valence-electron chi connectivity index (χ0n) is 18.1. The molecular formula is C22H25ClN4O4S. The van der Waals surface area contributed by atoms with Crippen molar-refractivity contribution in [3.8, 4) is 5.75 Å². The molecule has 1 aromatic heterocycles. The molecule has 3 rings (SSSR count). The molecule has 0 bridgehead atoms. The van der Waals surface area contributed by atoms with Crippen molar-refractivity contribution in [3.63, 3.8) is 0 Å². The highest BCUT2D eigenvalue weighted by molar-refractivity contribution is 7.99. The van der Waals surface area contributed by atoms with Crippen molar-refractivity contribution >= 4 is 51.9 Å². The number of nitrogens with zero attached hydrogens (tertiary/aromatic N) is 3. The Morgan fingerprint density at radius 2 is 2.03 bits per heavy atom. The molecule has 1 heterocycles. The quantitative estimate of drug-likeness (QED) is 0.450. The first-order chi connectivity index (χ1) is 15.4. The molecule has 1 N–H and O–H groups in total. The number of anilines is 1. The van der Waals surface area contributed by atoms with Crippen LogP contribution in [-0.4, -0.2) is 66.4 Å². The number of rotatable bonds is 10. The van der Waals surface area contributed by atoms with Crippen LogP contribution in [0.1, 0.15) is 0 Å². The molecule has 32 heavy (non-hydrogen) atoms. The van der Waals surface area contributed by atoms with E-state index in [0.29, 0.717) is 34.8 Å². The van der Waals surface area contributed by atoms with E-state index in [2.05, 4.69) is 10.3 Å². The number of nitrogens with one attached hydrogen (secondary N) is 1. The Morgan fingerprint density at radius 3 is 2.78 bits per heavy atom. The molecule has 0 radical (unpaired) electrons. The Labute approximate surface area is 195 Å². The number of benzene rings is 2. The Kier molecular flexibility index (Phi) is 8.38. The first kappa shape index (κ1) is 23.9. The maximum atomic E-state index is 12.6. The number of halogens is 1. The summed E-state index contributed by atoms with van der Waals surface area (Å²) in [5, 5.41) is 4.07. The number of imidazole rings is 1. The lowest BCUT2D eigenvalue weighted by atomic mass is 10.3. The number of carbonyl (C=O) groups is 2. The van der Waals surface area contributed by atoms with Gasteiger partial charge in [0.2, 0.25) is 11.8 Å². The summed E-state index contributed by atoms with van der Waals surface area (Å²) in [4.78, 5) is 31.0. The summed E-state index contributed by atoms with van der Waals surface area (Å²) in [7, 11) is 4.79. The molecule has 0 atom stereocenters. The summed E-state index contributed by atoms with van der Waals surface area (Å²) in [5.74, 6) is 0.314. The van der Waals surface area contributed by atoms with Crippen LogP contribution in [0, 0.1) is 0 Å². The van der Waals surface area contributed by atoms with Gasteiger partial charge < -0.3 is 24.3 Å². The SMILES string of the molecule is COCCn1c(SCC(=O)N(C)CC(=O)Nc2cccc(OC)c2)nc2cc(Cl)ccc21. The van der Waals surface area contributed by atoms with Crippen LogP contribution in [0.25, 0.3) is 11.0 Å². The largest absolute Gasteiger partial charge is 0.497 e. The van der Waals surface area contributed by atoms with Gasteiger partial charge in [-0.25, -0.2) is 4.98 Å². The van der Waals surface area contributed by atoms with Crippen LogP contribution in [0.5, 0.6) is 5.75 Å².